The van der Waals surface area contributed by atoms with Crippen LogP contribution in [0, 0.1) is 0 Å². The minimum atomic E-state index is -1.30. The van der Waals surface area contributed by atoms with Crippen LogP contribution in [0.2, 0.25) is 0 Å². The minimum Gasteiger partial charge on any atom is -0.388 e. The Morgan fingerprint density at radius 3 is 2.24 bits per heavy atom. The number of anilines is 1. The SMILES string of the molecule is Nc1ncnc2c1ncn2[C@@H]1O[C@H](CCN2C(=O)C(Cc3ccc(-c4ccccc4)cc3)N(Cc3ccccc3)C2=O)C(O)[C@H]1O. The van der Waals surface area contributed by atoms with Crippen LogP contribution in [0.4, 0.5) is 10.6 Å². The third-order valence-electron chi connectivity index (χ3n) is 8.73. The van der Waals surface area contributed by atoms with Crippen LogP contribution in [-0.2, 0) is 22.5 Å². The second-order valence-corrected chi connectivity index (χ2v) is 11.6. The van der Waals surface area contributed by atoms with E-state index in [1.807, 2.05) is 84.9 Å². The number of amides is 3. The predicted molar refractivity (Wildman–Crippen MR) is 169 cm³/mol. The molecule has 0 bridgehead atoms. The van der Waals surface area contributed by atoms with E-state index in [1.165, 1.54) is 22.1 Å². The van der Waals surface area contributed by atoms with Gasteiger partial charge in [-0.3, -0.25) is 14.3 Å². The Morgan fingerprint density at radius 1 is 0.804 bits per heavy atom. The Hall–Kier alpha value is -5.17. The molecule has 0 radical (unpaired) electrons. The number of fused-ring (bicyclic) bond motifs is 1. The molecule has 3 aromatic carbocycles. The smallest absolute Gasteiger partial charge is 0.327 e. The number of imide groups is 1. The number of carbonyl (C=O) groups excluding carboxylic acids is 2. The van der Waals surface area contributed by atoms with E-state index < -0.39 is 36.6 Å². The third-order valence-corrected chi connectivity index (χ3v) is 8.73. The number of carbonyl (C=O) groups is 2. The third kappa shape index (κ3) is 5.47. The molecule has 12 nitrogen and oxygen atoms in total. The molecule has 5 aromatic rings. The predicted octanol–water partition coefficient (Wildman–Crippen LogP) is 3.16. The molecule has 0 aliphatic carbocycles. The first-order valence-corrected chi connectivity index (χ1v) is 15.1. The number of aliphatic hydroxyl groups is 2. The van der Waals surface area contributed by atoms with Crippen LogP contribution in [0.3, 0.4) is 0 Å². The Bertz CT molecular complexity index is 1850. The maximum absolute atomic E-state index is 13.9. The first-order chi connectivity index (χ1) is 22.4. The lowest BCUT2D eigenvalue weighted by Crippen LogP contribution is -2.37. The maximum atomic E-state index is 13.9. The van der Waals surface area contributed by atoms with Crippen LogP contribution in [-0.4, -0.2) is 82.4 Å². The number of ether oxygens (including phenoxy) is 1. The monoisotopic (exact) mass is 619 g/mol. The molecule has 4 N–H and O–H groups in total. The van der Waals surface area contributed by atoms with E-state index in [1.54, 1.807) is 4.90 Å². The molecule has 234 valence electrons. The molecule has 46 heavy (non-hydrogen) atoms. The molecular weight excluding hydrogens is 586 g/mol. The van der Waals surface area contributed by atoms with E-state index in [2.05, 4.69) is 15.0 Å². The lowest BCUT2D eigenvalue weighted by molar-refractivity contribution is -0.128. The first kappa shape index (κ1) is 29.5. The van der Waals surface area contributed by atoms with Gasteiger partial charge in [0.15, 0.2) is 17.7 Å². The van der Waals surface area contributed by atoms with E-state index in [0.717, 1.165) is 22.3 Å². The highest BCUT2D eigenvalue weighted by molar-refractivity contribution is 6.04. The molecule has 0 spiro atoms. The van der Waals surface area contributed by atoms with Gasteiger partial charge in [-0.25, -0.2) is 19.7 Å². The summed E-state index contributed by atoms with van der Waals surface area (Å²) in [6.07, 6.45) is -1.25. The minimum absolute atomic E-state index is 0.00730. The van der Waals surface area contributed by atoms with Gasteiger partial charge in [0.1, 0.15) is 30.1 Å². The van der Waals surface area contributed by atoms with Crippen molar-refractivity contribution in [2.24, 2.45) is 0 Å². The number of imidazole rings is 1. The van der Waals surface area contributed by atoms with Gasteiger partial charge in [-0.05, 0) is 28.7 Å². The van der Waals surface area contributed by atoms with Gasteiger partial charge in [-0.1, -0.05) is 84.9 Å². The number of hydrogen-bond donors (Lipinski definition) is 3. The summed E-state index contributed by atoms with van der Waals surface area (Å²) in [7, 11) is 0. The molecule has 7 rings (SSSR count). The fourth-order valence-electron chi connectivity index (χ4n) is 6.25. The zero-order valence-corrected chi connectivity index (χ0v) is 24.8. The summed E-state index contributed by atoms with van der Waals surface area (Å²) in [5, 5.41) is 21.8. The first-order valence-electron chi connectivity index (χ1n) is 15.1. The summed E-state index contributed by atoms with van der Waals surface area (Å²) in [5.74, 6) is -0.133. The number of nitrogens with two attached hydrogens (primary N) is 1. The van der Waals surface area contributed by atoms with E-state index in [4.69, 9.17) is 10.5 Å². The Balaban J connectivity index is 1.08. The molecule has 12 heteroatoms. The van der Waals surface area contributed by atoms with Crippen molar-refractivity contribution in [3.63, 3.8) is 0 Å². The quantitative estimate of drug-likeness (QED) is 0.211. The number of urea groups is 1. The van der Waals surface area contributed by atoms with Gasteiger partial charge in [0.25, 0.3) is 5.91 Å². The zero-order chi connectivity index (χ0) is 31.8. The van der Waals surface area contributed by atoms with Gasteiger partial charge in [-0.15, -0.1) is 0 Å². The molecule has 4 heterocycles. The molecule has 2 saturated heterocycles. The summed E-state index contributed by atoms with van der Waals surface area (Å²) < 4.78 is 7.55. The lowest BCUT2D eigenvalue weighted by Gasteiger charge is -2.22. The average molecular weight is 620 g/mol. The fraction of sp³-hybridized carbons (Fsp3) is 0.265. The normalized spacial score (nSPS) is 23.1. The molecule has 3 amide bonds. The number of rotatable bonds is 9. The molecule has 0 saturated carbocycles. The summed E-state index contributed by atoms with van der Waals surface area (Å²) >= 11 is 0. The number of hydrogen-bond acceptors (Lipinski definition) is 9. The van der Waals surface area contributed by atoms with Gasteiger partial charge >= 0.3 is 6.03 Å². The molecule has 2 unspecified atom stereocenters. The molecule has 2 fully saturated rings. The topological polar surface area (TPSA) is 160 Å². The average Bonchev–Trinajstić information content (AvgIpc) is 3.70. The molecule has 2 aliphatic heterocycles. The molecule has 5 atom stereocenters. The summed E-state index contributed by atoms with van der Waals surface area (Å²) in [6, 6.07) is 26.5. The maximum Gasteiger partial charge on any atom is 0.327 e. The van der Waals surface area contributed by atoms with Crippen LogP contribution in [0.5, 0.6) is 0 Å². The van der Waals surface area contributed by atoms with Crippen molar-refractivity contribution in [3.05, 3.63) is 109 Å². The highest BCUT2D eigenvalue weighted by Crippen LogP contribution is 2.34. The Labute approximate surface area is 264 Å². The van der Waals surface area contributed by atoms with Gasteiger partial charge in [-0.2, -0.15) is 0 Å². The van der Waals surface area contributed by atoms with Crippen molar-refractivity contribution in [2.75, 3.05) is 12.3 Å². The van der Waals surface area contributed by atoms with Gasteiger partial charge in [0.05, 0.1) is 12.4 Å². The highest BCUT2D eigenvalue weighted by Gasteiger charge is 2.48. The van der Waals surface area contributed by atoms with E-state index in [9.17, 15) is 19.8 Å². The van der Waals surface area contributed by atoms with E-state index in [0.29, 0.717) is 17.6 Å². The number of aromatic nitrogens is 4. The highest BCUT2D eigenvalue weighted by atomic mass is 16.6. The van der Waals surface area contributed by atoms with Crippen molar-refractivity contribution in [3.8, 4) is 11.1 Å². The number of benzene rings is 3. The number of aliphatic hydroxyl groups excluding tert-OH is 2. The molecule has 2 aromatic heterocycles. The van der Waals surface area contributed by atoms with Crippen LogP contribution in [0.25, 0.3) is 22.3 Å². The van der Waals surface area contributed by atoms with Gasteiger partial charge in [0.2, 0.25) is 0 Å². The second-order valence-electron chi connectivity index (χ2n) is 11.6. The summed E-state index contributed by atoms with van der Waals surface area (Å²) in [5.41, 5.74) is 10.6. The van der Waals surface area contributed by atoms with Crippen LogP contribution < -0.4 is 5.73 Å². The lowest BCUT2D eigenvalue weighted by atomic mass is 10.00. The van der Waals surface area contributed by atoms with Crippen molar-refractivity contribution in [2.45, 2.75) is 50.0 Å². The van der Waals surface area contributed by atoms with Gasteiger partial charge < -0.3 is 25.6 Å². The van der Waals surface area contributed by atoms with Crippen molar-refractivity contribution < 1.29 is 24.5 Å². The summed E-state index contributed by atoms with van der Waals surface area (Å²) in [6.45, 7) is 0.282. The van der Waals surface area contributed by atoms with Crippen molar-refractivity contribution in [1.82, 2.24) is 29.3 Å². The number of nitrogen functional groups attached to an aromatic ring is 1. The van der Waals surface area contributed by atoms with Crippen LogP contribution >= 0.6 is 0 Å². The molecular formula is C34H33N7O5. The second kappa shape index (κ2) is 12.3. The van der Waals surface area contributed by atoms with Gasteiger partial charge in [0, 0.05) is 19.5 Å². The Morgan fingerprint density at radius 2 is 1.50 bits per heavy atom. The van der Waals surface area contributed by atoms with Crippen molar-refractivity contribution >= 4 is 28.9 Å². The van der Waals surface area contributed by atoms with E-state index >= 15 is 0 Å². The van der Waals surface area contributed by atoms with Crippen LogP contribution in [0.15, 0.2) is 97.6 Å². The molecule has 2 aliphatic rings. The largest absolute Gasteiger partial charge is 0.388 e. The zero-order valence-electron chi connectivity index (χ0n) is 24.8. The van der Waals surface area contributed by atoms with E-state index in [-0.39, 0.29) is 31.2 Å². The number of nitrogens with zero attached hydrogens (tertiary/aromatic N) is 6. The summed E-state index contributed by atoms with van der Waals surface area (Å²) in [4.78, 5) is 42.8. The Kier molecular flexibility index (Phi) is 7.91. The fourth-order valence-corrected chi connectivity index (χ4v) is 6.25. The van der Waals surface area contributed by atoms with Crippen molar-refractivity contribution in [1.29, 1.82) is 0 Å². The van der Waals surface area contributed by atoms with Crippen LogP contribution in [0.1, 0.15) is 23.8 Å². The standard InChI is InChI=1S/C34H33N7O5/c35-30-27-31(37-19-36-30)41(20-38-27)33-29(43)28(42)26(46-33)15-16-39-32(44)25(40(34(39)45)18-22-7-3-1-4-8-22)17-21-11-13-24(14-12-21)23-9-5-2-6-10-23/h1-14,19-20,25-26,28-29,33,42-43H,15-18H2,(H2,35,36,37)/t25?,26-,28?,29-,33-/m1/s1.